The zero-order valence-electron chi connectivity index (χ0n) is 16.0. The number of phenolic OH excluding ortho intramolecular Hbond substituents is 1. The van der Waals surface area contributed by atoms with E-state index in [1.54, 1.807) is 55.6 Å². The molecule has 0 saturated carbocycles. The molecule has 9 nitrogen and oxygen atoms in total. The monoisotopic (exact) mass is 402 g/mol. The van der Waals surface area contributed by atoms with Crippen LogP contribution in [0.5, 0.6) is 17.2 Å². The lowest BCUT2D eigenvalue weighted by Crippen LogP contribution is -2.18. The molecule has 0 aliphatic carbocycles. The first-order valence-electron chi connectivity index (χ1n) is 9.06. The minimum Gasteiger partial charge on any atom is -0.508 e. The molecule has 2 aromatic heterocycles. The van der Waals surface area contributed by atoms with E-state index in [4.69, 9.17) is 4.74 Å². The van der Waals surface area contributed by atoms with E-state index in [0.29, 0.717) is 23.3 Å². The fourth-order valence-electron chi connectivity index (χ4n) is 2.67. The molecule has 0 saturated heterocycles. The molecule has 4 rings (SSSR count). The minimum atomic E-state index is -0.279. The molecule has 4 N–H and O–H groups in total. The summed E-state index contributed by atoms with van der Waals surface area (Å²) in [6, 6.07) is 17.2. The molecule has 0 aliphatic heterocycles. The quantitative estimate of drug-likeness (QED) is 0.389. The van der Waals surface area contributed by atoms with Crippen molar-refractivity contribution in [2.24, 2.45) is 0 Å². The summed E-state index contributed by atoms with van der Waals surface area (Å²) in [7, 11) is 1.55. The molecular formula is C21H18N6O3. The number of hydrogen-bond donors (Lipinski definition) is 4. The first-order chi connectivity index (χ1) is 14.6. The zero-order valence-corrected chi connectivity index (χ0v) is 16.0. The fraction of sp³-hybridized carbons (Fsp3) is 0.0476. The van der Waals surface area contributed by atoms with Crippen molar-refractivity contribution in [3.8, 4) is 28.6 Å². The van der Waals surface area contributed by atoms with E-state index >= 15 is 0 Å². The number of nitrogens with zero attached hydrogens (tertiary/aromatic N) is 3. The number of aromatic nitrogens is 4. The fourth-order valence-corrected chi connectivity index (χ4v) is 2.67. The Morgan fingerprint density at radius 1 is 1.00 bits per heavy atom. The van der Waals surface area contributed by atoms with Crippen LogP contribution in [0.3, 0.4) is 0 Å². The summed E-state index contributed by atoms with van der Waals surface area (Å²) < 4.78 is 5.79. The van der Waals surface area contributed by atoms with Gasteiger partial charge in [-0.3, -0.25) is 9.78 Å². The number of aromatic amines is 1. The third-order valence-electron chi connectivity index (χ3n) is 4.17. The van der Waals surface area contributed by atoms with Gasteiger partial charge in [0, 0.05) is 30.6 Å². The van der Waals surface area contributed by atoms with Crippen LogP contribution in [0.4, 0.5) is 11.6 Å². The number of pyridine rings is 1. The third kappa shape index (κ3) is 4.36. The molecule has 0 aliphatic rings. The van der Waals surface area contributed by atoms with Gasteiger partial charge in [0.2, 0.25) is 5.95 Å². The van der Waals surface area contributed by atoms with E-state index < -0.39 is 0 Å². The molecule has 150 valence electrons. The van der Waals surface area contributed by atoms with E-state index in [1.165, 1.54) is 6.20 Å². The summed E-state index contributed by atoms with van der Waals surface area (Å²) in [6.07, 6.45) is 1.52. The van der Waals surface area contributed by atoms with Crippen LogP contribution in [0.15, 0.2) is 66.9 Å². The number of nitrogens with one attached hydrogen (secondary N) is 3. The van der Waals surface area contributed by atoms with Gasteiger partial charge in [-0.2, -0.15) is 0 Å². The Morgan fingerprint density at radius 3 is 2.50 bits per heavy atom. The largest absolute Gasteiger partial charge is 0.508 e. The van der Waals surface area contributed by atoms with Crippen LogP contribution in [0.25, 0.3) is 11.4 Å². The molecule has 0 spiro atoms. The van der Waals surface area contributed by atoms with Gasteiger partial charge >= 0.3 is 0 Å². The highest BCUT2D eigenvalue weighted by Gasteiger charge is 2.08. The number of anilines is 2. The lowest BCUT2D eigenvalue weighted by Gasteiger charge is -2.08. The van der Waals surface area contributed by atoms with Crippen LogP contribution in [0.1, 0.15) is 10.5 Å². The summed E-state index contributed by atoms with van der Waals surface area (Å²) in [5, 5.41) is 23.2. The topological polar surface area (TPSA) is 125 Å². The van der Waals surface area contributed by atoms with Crippen molar-refractivity contribution < 1.29 is 14.6 Å². The first kappa shape index (κ1) is 18.9. The van der Waals surface area contributed by atoms with Crippen molar-refractivity contribution in [2.45, 2.75) is 0 Å². The van der Waals surface area contributed by atoms with E-state index in [-0.39, 0.29) is 17.4 Å². The Bertz CT molecular complexity index is 1160. The van der Waals surface area contributed by atoms with E-state index in [2.05, 4.69) is 30.8 Å². The van der Waals surface area contributed by atoms with Gasteiger partial charge < -0.3 is 25.5 Å². The van der Waals surface area contributed by atoms with Crippen LogP contribution < -0.4 is 15.4 Å². The van der Waals surface area contributed by atoms with Crippen molar-refractivity contribution in [3.63, 3.8) is 0 Å². The standard InChI is InChI=1S/C21H18N6O3/c1-22-20(29)18-12-17(10-11-23-18)30-16-8-4-14(5-9-16)24-21-25-19(26-27-21)13-2-6-15(28)7-3-13/h2-12,28H,1H3,(H,22,29)(H2,24,25,26,27). The second kappa shape index (κ2) is 8.31. The molecule has 0 fully saturated rings. The summed E-state index contributed by atoms with van der Waals surface area (Å²) in [6.45, 7) is 0. The van der Waals surface area contributed by atoms with Crippen molar-refractivity contribution >= 4 is 17.5 Å². The van der Waals surface area contributed by atoms with Crippen molar-refractivity contribution in [1.82, 2.24) is 25.5 Å². The van der Waals surface area contributed by atoms with Crippen molar-refractivity contribution in [3.05, 3.63) is 72.6 Å². The number of hydrogen-bond acceptors (Lipinski definition) is 7. The maximum Gasteiger partial charge on any atom is 0.269 e. The molecule has 1 amide bonds. The Labute approximate surface area is 171 Å². The number of rotatable bonds is 6. The summed E-state index contributed by atoms with van der Waals surface area (Å²) >= 11 is 0. The number of ether oxygens (including phenoxy) is 1. The molecule has 2 heterocycles. The number of carbonyl (C=O) groups excluding carboxylic acids is 1. The lowest BCUT2D eigenvalue weighted by molar-refractivity contribution is 0.0958. The SMILES string of the molecule is CNC(=O)c1cc(Oc2ccc(Nc3nnc(-c4ccc(O)cc4)[nH]3)cc2)ccn1. The summed E-state index contributed by atoms with van der Waals surface area (Å²) in [4.78, 5) is 18.8. The zero-order chi connectivity index (χ0) is 20.9. The maximum atomic E-state index is 11.7. The Hall–Kier alpha value is -4.40. The van der Waals surface area contributed by atoms with Crippen molar-refractivity contribution in [1.29, 1.82) is 0 Å². The van der Waals surface area contributed by atoms with Crippen LogP contribution >= 0.6 is 0 Å². The predicted octanol–water partition coefficient (Wildman–Crippen LogP) is 3.47. The van der Waals surface area contributed by atoms with Gasteiger partial charge in [0.1, 0.15) is 22.9 Å². The molecule has 9 heteroatoms. The highest BCUT2D eigenvalue weighted by atomic mass is 16.5. The minimum absolute atomic E-state index is 0.190. The maximum absolute atomic E-state index is 11.7. The Morgan fingerprint density at radius 2 is 1.77 bits per heavy atom. The number of amides is 1. The smallest absolute Gasteiger partial charge is 0.269 e. The number of benzene rings is 2. The molecule has 0 radical (unpaired) electrons. The highest BCUT2D eigenvalue weighted by molar-refractivity contribution is 5.92. The average molecular weight is 402 g/mol. The molecule has 0 atom stereocenters. The van der Waals surface area contributed by atoms with Gasteiger partial charge in [-0.25, -0.2) is 0 Å². The molecule has 4 aromatic rings. The number of carbonyl (C=O) groups is 1. The average Bonchev–Trinajstić information content (AvgIpc) is 3.24. The predicted molar refractivity (Wildman–Crippen MR) is 111 cm³/mol. The van der Waals surface area contributed by atoms with Crippen LogP contribution in [0.2, 0.25) is 0 Å². The second-order valence-electron chi connectivity index (χ2n) is 6.28. The molecule has 2 aromatic carbocycles. The number of H-pyrrole nitrogens is 1. The van der Waals surface area contributed by atoms with Crippen LogP contribution in [-0.2, 0) is 0 Å². The summed E-state index contributed by atoms with van der Waals surface area (Å²) in [5.41, 5.74) is 1.88. The van der Waals surface area contributed by atoms with Crippen LogP contribution in [0, 0.1) is 0 Å². The molecule has 0 unspecified atom stereocenters. The van der Waals surface area contributed by atoms with Gasteiger partial charge in [0.15, 0.2) is 5.82 Å². The normalized spacial score (nSPS) is 10.4. The second-order valence-corrected chi connectivity index (χ2v) is 6.28. The van der Waals surface area contributed by atoms with E-state index in [0.717, 1.165) is 11.3 Å². The molecule has 30 heavy (non-hydrogen) atoms. The number of phenols is 1. The van der Waals surface area contributed by atoms with Gasteiger partial charge in [0.05, 0.1) is 0 Å². The summed E-state index contributed by atoms with van der Waals surface area (Å²) in [5.74, 6) is 2.10. The van der Waals surface area contributed by atoms with Crippen LogP contribution in [-0.4, -0.2) is 38.2 Å². The van der Waals surface area contributed by atoms with Gasteiger partial charge in [-0.05, 0) is 54.6 Å². The Balaban J connectivity index is 1.42. The number of aromatic hydroxyl groups is 1. The first-order valence-corrected chi connectivity index (χ1v) is 9.06. The van der Waals surface area contributed by atoms with E-state index in [1.807, 2.05) is 12.1 Å². The Kier molecular flexibility index (Phi) is 5.25. The molecular weight excluding hydrogens is 384 g/mol. The molecule has 0 bridgehead atoms. The van der Waals surface area contributed by atoms with Crippen molar-refractivity contribution in [2.75, 3.05) is 12.4 Å². The van der Waals surface area contributed by atoms with Gasteiger partial charge in [0.25, 0.3) is 5.91 Å². The van der Waals surface area contributed by atoms with Gasteiger partial charge in [-0.1, -0.05) is 0 Å². The lowest BCUT2D eigenvalue weighted by atomic mass is 10.2. The van der Waals surface area contributed by atoms with E-state index in [9.17, 15) is 9.90 Å². The third-order valence-corrected chi connectivity index (χ3v) is 4.17. The van der Waals surface area contributed by atoms with Gasteiger partial charge in [-0.15, -0.1) is 10.2 Å². The highest BCUT2D eigenvalue weighted by Crippen LogP contribution is 2.25.